The van der Waals surface area contributed by atoms with E-state index in [1.54, 1.807) is 18.2 Å². The highest BCUT2D eigenvalue weighted by Crippen LogP contribution is 2.32. The standard InChI is InChI=1S/C11H9NO2S/c12-8-4-1-3-7(11(13)14)10(8)9-5-2-6-15-9/h1-6H,12H2,(H,13,14). The van der Waals surface area contributed by atoms with E-state index in [1.165, 1.54) is 11.3 Å². The number of rotatable bonds is 2. The van der Waals surface area contributed by atoms with Crippen molar-refractivity contribution in [3.63, 3.8) is 0 Å². The molecular formula is C11H9NO2S. The van der Waals surface area contributed by atoms with Crippen molar-refractivity contribution in [2.24, 2.45) is 0 Å². The van der Waals surface area contributed by atoms with E-state index in [4.69, 9.17) is 10.8 Å². The average molecular weight is 219 g/mol. The van der Waals surface area contributed by atoms with Gasteiger partial charge >= 0.3 is 5.97 Å². The third-order valence-corrected chi connectivity index (χ3v) is 2.98. The van der Waals surface area contributed by atoms with Crippen LogP contribution in [0.25, 0.3) is 10.4 Å². The van der Waals surface area contributed by atoms with E-state index in [2.05, 4.69) is 0 Å². The zero-order valence-corrected chi connectivity index (χ0v) is 8.62. The van der Waals surface area contributed by atoms with E-state index in [0.717, 1.165) is 4.88 Å². The number of hydrogen-bond donors (Lipinski definition) is 2. The molecule has 4 heteroatoms. The van der Waals surface area contributed by atoms with Crippen LogP contribution < -0.4 is 5.73 Å². The lowest BCUT2D eigenvalue weighted by Gasteiger charge is -2.06. The minimum atomic E-state index is -0.953. The number of benzene rings is 1. The summed E-state index contributed by atoms with van der Waals surface area (Å²) >= 11 is 1.48. The predicted molar refractivity (Wildman–Crippen MR) is 61.1 cm³/mol. The molecule has 0 aliphatic rings. The minimum absolute atomic E-state index is 0.248. The van der Waals surface area contributed by atoms with E-state index in [1.807, 2.05) is 17.5 Å². The Hall–Kier alpha value is -1.81. The molecule has 1 heterocycles. The van der Waals surface area contributed by atoms with Gasteiger partial charge in [0.2, 0.25) is 0 Å². The molecule has 2 aromatic rings. The van der Waals surface area contributed by atoms with Crippen LogP contribution in [0.3, 0.4) is 0 Å². The molecule has 0 aliphatic heterocycles. The maximum atomic E-state index is 11.0. The molecule has 0 saturated heterocycles. The van der Waals surface area contributed by atoms with Crippen LogP contribution in [0.2, 0.25) is 0 Å². The van der Waals surface area contributed by atoms with E-state index in [9.17, 15) is 4.79 Å². The molecular weight excluding hydrogens is 210 g/mol. The first-order chi connectivity index (χ1) is 7.20. The number of nitrogen functional groups attached to an aromatic ring is 1. The fourth-order valence-corrected chi connectivity index (χ4v) is 2.25. The first kappa shape index (κ1) is 9.73. The van der Waals surface area contributed by atoms with Gasteiger partial charge in [0, 0.05) is 16.1 Å². The molecule has 0 fully saturated rings. The van der Waals surface area contributed by atoms with Crippen molar-refractivity contribution >= 4 is 23.0 Å². The topological polar surface area (TPSA) is 63.3 Å². The summed E-state index contributed by atoms with van der Waals surface area (Å²) in [6, 6.07) is 8.66. The molecule has 0 radical (unpaired) electrons. The summed E-state index contributed by atoms with van der Waals surface area (Å²) < 4.78 is 0. The Morgan fingerprint density at radius 3 is 2.67 bits per heavy atom. The Morgan fingerprint density at radius 2 is 2.07 bits per heavy atom. The van der Waals surface area contributed by atoms with Gasteiger partial charge < -0.3 is 10.8 Å². The van der Waals surface area contributed by atoms with Gasteiger partial charge in [0.1, 0.15) is 0 Å². The Labute approximate surface area is 90.8 Å². The number of carboxylic acid groups (broad SMARTS) is 1. The molecule has 0 unspecified atom stereocenters. The number of anilines is 1. The second-order valence-corrected chi connectivity index (χ2v) is 4.00. The van der Waals surface area contributed by atoms with Crippen LogP contribution in [0.15, 0.2) is 35.7 Å². The Bertz CT molecular complexity index is 491. The molecule has 3 nitrogen and oxygen atoms in total. The smallest absolute Gasteiger partial charge is 0.336 e. The maximum absolute atomic E-state index is 11.0. The third-order valence-electron chi connectivity index (χ3n) is 2.09. The maximum Gasteiger partial charge on any atom is 0.336 e. The Balaban J connectivity index is 2.68. The lowest BCUT2D eigenvalue weighted by Crippen LogP contribution is -2.01. The van der Waals surface area contributed by atoms with Crippen molar-refractivity contribution in [2.75, 3.05) is 5.73 Å². The molecule has 1 aromatic carbocycles. The van der Waals surface area contributed by atoms with Gasteiger partial charge in [-0.3, -0.25) is 0 Å². The second kappa shape index (κ2) is 3.74. The summed E-state index contributed by atoms with van der Waals surface area (Å²) in [7, 11) is 0. The highest BCUT2D eigenvalue weighted by molar-refractivity contribution is 7.13. The quantitative estimate of drug-likeness (QED) is 0.763. The lowest BCUT2D eigenvalue weighted by molar-refractivity contribution is 0.0698. The number of thiophene rings is 1. The summed E-state index contributed by atoms with van der Waals surface area (Å²) in [4.78, 5) is 11.9. The molecule has 0 saturated carbocycles. The van der Waals surface area contributed by atoms with Gasteiger partial charge in [-0.1, -0.05) is 12.1 Å². The minimum Gasteiger partial charge on any atom is -0.478 e. The van der Waals surface area contributed by atoms with Crippen LogP contribution in [-0.2, 0) is 0 Å². The van der Waals surface area contributed by atoms with Crippen molar-refractivity contribution in [1.29, 1.82) is 0 Å². The number of carbonyl (C=O) groups is 1. The first-order valence-electron chi connectivity index (χ1n) is 4.36. The molecule has 15 heavy (non-hydrogen) atoms. The van der Waals surface area contributed by atoms with Crippen LogP contribution in [0.4, 0.5) is 5.69 Å². The third kappa shape index (κ3) is 1.71. The summed E-state index contributed by atoms with van der Waals surface area (Å²) in [6.07, 6.45) is 0. The summed E-state index contributed by atoms with van der Waals surface area (Å²) in [5, 5.41) is 10.9. The van der Waals surface area contributed by atoms with Crippen LogP contribution in [-0.4, -0.2) is 11.1 Å². The highest BCUT2D eigenvalue weighted by atomic mass is 32.1. The molecule has 0 spiro atoms. The molecule has 0 atom stereocenters. The van der Waals surface area contributed by atoms with Crippen LogP contribution in [0.5, 0.6) is 0 Å². The predicted octanol–water partition coefficient (Wildman–Crippen LogP) is 2.70. The lowest BCUT2D eigenvalue weighted by atomic mass is 10.0. The van der Waals surface area contributed by atoms with Gasteiger partial charge in [0.25, 0.3) is 0 Å². The molecule has 0 bridgehead atoms. The van der Waals surface area contributed by atoms with E-state index in [0.29, 0.717) is 11.3 Å². The number of hydrogen-bond acceptors (Lipinski definition) is 3. The Morgan fingerprint density at radius 1 is 1.27 bits per heavy atom. The number of nitrogens with two attached hydrogens (primary N) is 1. The van der Waals surface area contributed by atoms with Gasteiger partial charge in [-0.2, -0.15) is 0 Å². The van der Waals surface area contributed by atoms with Gasteiger partial charge in [0.05, 0.1) is 5.56 Å². The van der Waals surface area contributed by atoms with Gasteiger partial charge in [-0.25, -0.2) is 4.79 Å². The normalized spacial score (nSPS) is 10.1. The summed E-state index contributed by atoms with van der Waals surface area (Å²) in [5.74, 6) is -0.953. The zero-order valence-electron chi connectivity index (χ0n) is 7.81. The monoisotopic (exact) mass is 219 g/mol. The molecule has 76 valence electrons. The Kier molecular flexibility index (Phi) is 2.43. The number of carboxylic acids is 1. The summed E-state index contributed by atoms with van der Waals surface area (Å²) in [6.45, 7) is 0. The van der Waals surface area contributed by atoms with Crippen molar-refractivity contribution in [2.45, 2.75) is 0 Å². The highest BCUT2D eigenvalue weighted by Gasteiger charge is 2.14. The molecule has 2 rings (SSSR count). The van der Waals surface area contributed by atoms with E-state index >= 15 is 0 Å². The second-order valence-electron chi connectivity index (χ2n) is 3.05. The van der Waals surface area contributed by atoms with E-state index in [-0.39, 0.29) is 5.56 Å². The molecule has 1 aromatic heterocycles. The fourth-order valence-electron chi connectivity index (χ4n) is 1.44. The van der Waals surface area contributed by atoms with Crippen molar-refractivity contribution in [1.82, 2.24) is 0 Å². The first-order valence-corrected chi connectivity index (χ1v) is 5.24. The van der Waals surface area contributed by atoms with Crippen LogP contribution in [0, 0.1) is 0 Å². The number of aromatic carboxylic acids is 1. The fraction of sp³-hybridized carbons (Fsp3) is 0. The van der Waals surface area contributed by atoms with E-state index < -0.39 is 5.97 Å². The van der Waals surface area contributed by atoms with Gasteiger partial charge in [0.15, 0.2) is 0 Å². The largest absolute Gasteiger partial charge is 0.478 e. The van der Waals surface area contributed by atoms with Crippen molar-refractivity contribution in [3.05, 3.63) is 41.3 Å². The van der Waals surface area contributed by atoms with Crippen LogP contribution >= 0.6 is 11.3 Å². The zero-order chi connectivity index (χ0) is 10.8. The van der Waals surface area contributed by atoms with Crippen molar-refractivity contribution < 1.29 is 9.90 Å². The van der Waals surface area contributed by atoms with Crippen LogP contribution in [0.1, 0.15) is 10.4 Å². The van der Waals surface area contributed by atoms with Crippen molar-refractivity contribution in [3.8, 4) is 10.4 Å². The molecule has 0 aliphatic carbocycles. The average Bonchev–Trinajstić information content (AvgIpc) is 2.70. The molecule has 3 N–H and O–H groups in total. The summed E-state index contributed by atoms with van der Waals surface area (Å²) in [5.41, 5.74) is 7.15. The van der Waals surface area contributed by atoms with Gasteiger partial charge in [-0.05, 0) is 23.6 Å². The van der Waals surface area contributed by atoms with Gasteiger partial charge in [-0.15, -0.1) is 11.3 Å². The SMILES string of the molecule is Nc1cccc(C(=O)O)c1-c1cccs1. The molecule has 0 amide bonds.